The van der Waals surface area contributed by atoms with E-state index in [0.29, 0.717) is 0 Å². The molecule has 0 N–H and O–H groups in total. The Labute approximate surface area is 979 Å². The van der Waals surface area contributed by atoms with Crippen LogP contribution < -0.4 is 463 Å². The first-order chi connectivity index (χ1) is 52.3. The number of hydrogen-bond acceptors (Lipinski definition) is 34. The van der Waals surface area contributed by atoms with Gasteiger partial charge in [0.2, 0.25) is 0 Å². The molecule has 16 aliphatic rings. The molecule has 22 rings (SSSR count). The van der Waals surface area contributed by atoms with Crippen LogP contribution in [0.4, 0.5) is 0 Å². The molecule has 600 valence electrons. The maximum absolute atomic E-state index is 13.3. The average molecular weight is 1830 g/mol. The summed E-state index contributed by atoms with van der Waals surface area (Å²) >= 11 is 0. The Bertz CT molecular complexity index is 4450. The fourth-order valence-electron chi connectivity index (χ4n) is 11.4. The van der Waals surface area contributed by atoms with Gasteiger partial charge in [-0.1, -0.05) is 26.0 Å². The molecule has 12 unspecified atom stereocenters. The fourth-order valence-corrected chi connectivity index (χ4v) is 11.4. The Morgan fingerprint density at radius 3 is 0.363 bits per heavy atom. The van der Waals surface area contributed by atoms with E-state index in [4.69, 9.17) is 47.4 Å². The molecule has 46 heteroatoms. The first-order valence-electron chi connectivity index (χ1n) is 34.4. The van der Waals surface area contributed by atoms with Crippen LogP contribution in [0, 0.1) is 0 Å². The van der Waals surface area contributed by atoms with Crippen molar-refractivity contribution in [1.29, 1.82) is 0 Å². The third-order valence-corrected chi connectivity index (χ3v) is 17.9. The number of aliphatic carboxylic acids is 12. The first-order valence-corrected chi connectivity index (χ1v) is 34.4. The fraction of sp³-hybridized carbons (Fsp3) is 0.385. The minimum atomic E-state index is -1.92. The molecule has 0 radical (unpaired) electrons. The van der Waals surface area contributed by atoms with Crippen LogP contribution in [0.3, 0.4) is 0 Å². The molecule has 0 aliphatic heterocycles. The van der Waals surface area contributed by atoms with Crippen molar-refractivity contribution in [3.05, 3.63) is 151 Å². The molecular formula is C78H72Na12O34. The molecular weight excluding hydrogens is 1760 g/mol. The zero-order chi connectivity index (χ0) is 83.5. The predicted molar refractivity (Wildman–Crippen MR) is 353 cm³/mol. The zero-order valence-corrected chi connectivity index (χ0v) is 98.0. The summed E-state index contributed by atoms with van der Waals surface area (Å²) in [5.74, 6) is -29.9. The molecule has 12 bridgehead atoms. The van der Waals surface area contributed by atoms with Gasteiger partial charge in [-0.3, -0.25) is 0 Å². The Kier molecular flexibility index (Phi) is 65.8. The third-order valence-electron chi connectivity index (χ3n) is 17.9. The summed E-state index contributed by atoms with van der Waals surface area (Å²) < 4.78 is 60.1. The van der Waals surface area contributed by atoms with Crippen molar-refractivity contribution in [3.8, 4) is 57.5 Å². The predicted octanol–water partition coefficient (Wildman–Crippen LogP) is -43.5. The maximum atomic E-state index is 13.3. The normalized spacial score (nSPS) is 13.7. The number of carboxylic acids is 12. The molecule has 0 aromatic heterocycles. The number of carbonyl (C=O) groups excluding carboxylic acids is 12. The molecule has 6 aromatic carbocycles. The van der Waals surface area contributed by atoms with Gasteiger partial charge >= 0.3 is 355 Å². The Morgan fingerprint density at radius 2 is 0.274 bits per heavy atom. The summed E-state index contributed by atoms with van der Waals surface area (Å²) in [5, 5.41) is 153. The number of carbonyl (C=O) groups is 12. The average Bonchev–Trinajstić information content (AvgIpc) is 0.779. The van der Waals surface area contributed by atoms with E-state index in [9.17, 15) is 119 Å². The van der Waals surface area contributed by atoms with Crippen molar-refractivity contribution in [2.45, 2.75) is 194 Å². The minimum Gasteiger partial charge on any atom is -0.550 e. The first kappa shape index (κ1) is 134. The largest absolute Gasteiger partial charge is 1.00 e. The second kappa shape index (κ2) is 61.1. The van der Waals surface area contributed by atoms with E-state index in [1.807, 2.05) is 0 Å². The number of rotatable bonds is 34. The van der Waals surface area contributed by atoms with Crippen LogP contribution in [0.5, 0.6) is 57.5 Å². The molecule has 6 aromatic rings. The van der Waals surface area contributed by atoms with Gasteiger partial charge in [-0.2, -0.15) is 0 Å². The maximum Gasteiger partial charge on any atom is 1.00 e. The quantitative estimate of drug-likeness (QED) is 0.0338. The van der Waals surface area contributed by atoms with Crippen LogP contribution in [-0.2, 0) is 96.1 Å². The van der Waals surface area contributed by atoms with Crippen LogP contribution in [0.2, 0.25) is 0 Å². The van der Waals surface area contributed by atoms with Gasteiger partial charge in [-0.15, -0.1) is 0 Å². The van der Waals surface area contributed by atoms with E-state index >= 15 is 0 Å². The van der Waals surface area contributed by atoms with Crippen molar-refractivity contribution >= 4 is 71.6 Å². The summed E-state index contributed by atoms with van der Waals surface area (Å²) in [6.07, 6.45) is -23.2. The molecule has 16 aliphatic carbocycles. The number of ether oxygens (including phenoxy) is 10. The van der Waals surface area contributed by atoms with Gasteiger partial charge in [-0.25, -0.2) is 0 Å². The van der Waals surface area contributed by atoms with E-state index in [1.165, 1.54) is 12.1 Å². The van der Waals surface area contributed by atoms with Gasteiger partial charge in [0.15, 0.2) is 0 Å². The third kappa shape index (κ3) is 37.7. The van der Waals surface area contributed by atoms with Crippen LogP contribution in [0.1, 0.15) is 173 Å². The Balaban J connectivity index is -0.00000290. The molecule has 34 nitrogen and oxygen atoms in total. The van der Waals surface area contributed by atoms with E-state index < -0.39 is 241 Å². The zero-order valence-electron chi connectivity index (χ0n) is 74.0. The summed E-state index contributed by atoms with van der Waals surface area (Å²) in [6, 6.07) is 13.4. The van der Waals surface area contributed by atoms with Crippen LogP contribution >= 0.6 is 0 Å². The van der Waals surface area contributed by atoms with Crippen LogP contribution in [0.15, 0.2) is 72.8 Å². The van der Waals surface area contributed by atoms with E-state index in [1.54, 1.807) is 0 Å². The second-order valence-corrected chi connectivity index (χ2v) is 26.5. The van der Waals surface area contributed by atoms with Gasteiger partial charge in [0.1, 0.15) is 119 Å². The van der Waals surface area contributed by atoms with Crippen molar-refractivity contribution in [2.24, 2.45) is 0 Å². The molecule has 0 saturated heterocycles. The standard InChI is InChI=1S/C78H84O34.12Na/c1-31(67(79)80)55-19-44-14-46-22-60(106-36(6)72(89)90)48(24-58(46)104-34(4)70(85)86)16-50-26-64(110-40(10)76(97)98)52(28-62(50)108-38(8)74(93)94)18-54-30-65(111-41(11)77(99)100)53(29-66(54)112-42(12)78(101)102)17-51-27-61(107-37(7)73(91)92)49(25-63(51)109-39(9)75(95)96)15-47-23-57(103-33(3)69(83)84)45(21-59(47)105-35(5)71(87)88)13-43(55)20-56(44)32(2)68(81)82;;;;;;;;;;;;/h19-42H,13-18H2,1-12H3,(H,79,80)(H,81,82)(H,83,84)(H,85,86)(H,87,88)(H,89,90)(H,91,92)(H,93,94)(H,95,96)(H,97,98)(H,99,100)(H,101,102);;;;;;;;;;;;/q;12*+1/p-12. The Morgan fingerprint density at radius 1 is 0.177 bits per heavy atom. The number of carboxylic acid groups (broad SMARTS) is 12. The topological polar surface area (TPSA) is 574 Å². The van der Waals surface area contributed by atoms with E-state index in [2.05, 4.69) is 0 Å². The van der Waals surface area contributed by atoms with Crippen LogP contribution in [-0.4, -0.2) is 133 Å². The van der Waals surface area contributed by atoms with Gasteiger partial charge in [0.05, 0.1) is 59.7 Å². The van der Waals surface area contributed by atoms with Crippen molar-refractivity contribution < 1.29 is 521 Å². The SMILES string of the molecule is CC(Oc1cc2c(OC(C)C(=O)[O-])cc1Cc1cc(OC(C)C(=O)[O-])c(cc1OC(C)C(=O)[O-])Cc1cc(OC(C)C(=O)[O-])c(cc1OC(C)C(=O)[O-])Cc1cc(C(C)C(=O)[O-])c(cc1C(C)C(=O)[O-])Cc1cc(OC(C)C(=O)[O-])c(cc1OC(C)C(=O)[O-])Cc1cc(OC(C)C(=O)[O-])c(cc1OC(C)C(=O)[O-])C2)C(=O)[O-].[Na+].[Na+].[Na+].[Na+].[Na+].[Na+].[Na+].[Na+].[Na+].[Na+].[Na+].[Na+]. The monoisotopic (exact) mass is 1830 g/mol. The summed E-state index contributed by atoms with van der Waals surface area (Å²) in [5.41, 5.74) is -2.82. The Hall–Kier alpha value is -1.04. The van der Waals surface area contributed by atoms with Gasteiger partial charge in [0, 0.05) is 118 Å². The van der Waals surface area contributed by atoms with Crippen molar-refractivity contribution in [2.75, 3.05) is 0 Å². The van der Waals surface area contributed by atoms with Gasteiger partial charge < -0.3 is 166 Å². The smallest absolute Gasteiger partial charge is 0.550 e. The number of benzene rings is 6. The summed E-state index contributed by atoms with van der Waals surface area (Å²) in [7, 11) is 0. The van der Waals surface area contributed by atoms with Crippen molar-refractivity contribution in [1.82, 2.24) is 0 Å². The summed E-state index contributed by atoms with van der Waals surface area (Å²) in [6.45, 7) is 12.5. The second-order valence-electron chi connectivity index (χ2n) is 26.5. The molecule has 0 amide bonds. The summed E-state index contributed by atoms with van der Waals surface area (Å²) in [4.78, 5) is 153. The minimum absolute atomic E-state index is 0. The molecule has 0 spiro atoms. The molecule has 0 fully saturated rings. The molecule has 0 saturated carbocycles. The van der Waals surface area contributed by atoms with Gasteiger partial charge in [0.25, 0.3) is 0 Å². The van der Waals surface area contributed by atoms with E-state index in [0.717, 1.165) is 144 Å². The van der Waals surface area contributed by atoms with Crippen LogP contribution in [0.25, 0.3) is 0 Å². The van der Waals surface area contributed by atoms with Gasteiger partial charge in [-0.05, 0) is 152 Å². The molecule has 12 atom stereocenters. The van der Waals surface area contributed by atoms with E-state index in [-0.39, 0.29) is 433 Å². The molecule has 0 heterocycles. The molecule has 124 heavy (non-hydrogen) atoms. The van der Waals surface area contributed by atoms with Crippen molar-refractivity contribution in [3.63, 3.8) is 0 Å². The number of hydrogen-bond donors (Lipinski definition) is 0.